The second-order valence-corrected chi connectivity index (χ2v) is 7.28. The number of pyridine rings is 1. The Hall–Kier alpha value is -3.60. The average Bonchev–Trinajstić information content (AvgIpc) is 3.18. The van der Waals surface area contributed by atoms with Crippen molar-refractivity contribution in [2.75, 3.05) is 5.32 Å². The maximum atomic E-state index is 13.2. The van der Waals surface area contributed by atoms with Crippen molar-refractivity contribution in [3.63, 3.8) is 0 Å². The van der Waals surface area contributed by atoms with Crippen LogP contribution in [0.5, 0.6) is 0 Å². The average molecular weight is 431 g/mol. The lowest BCUT2D eigenvalue weighted by Crippen LogP contribution is -2.04. The van der Waals surface area contributed by atoms with Crippen LogP contribution in [0.4, 0.5) is 24.7 Å². The number of non-ortho nitro benzene ring substituents is 1. The first-order chi connectivity index (χ1) is 14.3. The molecule has 1 aromatic carbocycles. The van der Waals surface area contributed by atoms with E-state index < -0.39 is 16.0 Å². The fourth-order valence-electron chi connectivity index (χ4n) is 2.79. The zero-order chi connectivity index (χ0) is 21.3. The second-order valence-electron chi connectivity index (χ2n) is 6.25. The van der Waals surface area contributed by atoms with E-state index in [2.05, 4.69) is 20.3 Å². The minimum Gasteiger partial charge on any atom is -0.365 e. The number of nitro benzene ring substituents is 1. The summed E-state index contributed by atoms with van der Waals surface area (Å²) in [5.74, 6) is 0.435. The molecule has 0 aliphatic carbocycles. The molecule has 4 rings (SSSR count). The Bertz CT molecular complexity index is 1230. The lowest BCUT2D eigenvalue weighted by Gasteiger charge is -2.09. The third kappa shape index (κ3) is 4.06. The molecule has 0 amide bonds. The summed E-state index contributed by atoms with van der Waals surface area (Å²) < 4.78 is 39.7. The summed E-state index contributed by atoms with van der Waals surface area (Å²) in [5, 5.41) is 14.2. The van der Waals surface area contributed by atoms with E-state index in [1.807, 2.05) is 0 Å². The van der Waals surface area contributed by atoms with Gasteiger partial charge in [0.25, 0.3) is 5.69 Å². The summed E-state index contributed by atoms with van der Waals surface area (Å²) in [6, 6.07) is 10.4. The quantitative estimate of drug-likeness (QED) is 0.341. The minimum absolute atomic E-state index is 0.0759. The number of anilines is 1. The van der Waals surface area contributed by atoms with Gasteiger partial charge in [-0.3, -0.25) is 15.1 Å². The lowest BCUT2D eigenvalue weighted by molar-refractivity contribution is -0.384. The van der Waals surface area contributed by atoms with Crippen LogP contribution in [0.2, 0.25) is 0 Å². The largest absolute Gasteiger partial charge is 0.425 e. The van der Waals surface area contributed by atoms with Gasteiger partial charge >= 0.3 is 6.18 Å². The Morgan fingerprint density at radius 2 is 1.97 bits per heavy atom. The lowest BCUT2D eigenvalue weighted by atomic mass is 10.2. The molecule has 152 valence electrons. The van der Waals surface area contributed by atoms with Gasteiger partial charge in [0.2, 0.25) is 0 Å². The molecule has 7 nitrogen and oxygen atoms in total. The highest BCUT2D eigenvalue weighted by molar-refractivity contribution is 7.18. The molecule has 0 saturated heterocycles. The van der Waals surface area contributed by atoms with Gasteiger partial charge in [-0.25, -0.2) is 9.97 Å². The minimum atomic E-state index is -4.50. The summed E-state index contributed by atoms with van der Waals surface area (Å²) in [5.41, 5.74) is 1.07. The molecule has 4 aromatic rings. The Morgan fingerprint density at radius 3 is 2.67 bits per heavy atom. The molecule has 0 radical (unpaired) electrons. The number of thiophene rings is 1. The fourth-order valence-corrected chi connectivity index (χ4v) is 3.68. The molecule has 0 spiro atoms. The van der Waals surface area contributed by atoms with Crippen LogP contribution in [-0.4, -0.2) is 19.9 Å². The van der Waals surface area contributed by atoms with E-state index in [0.29, 0.717) is 22.5 Å². The topological polar surface area (TPSA) is 93.8 Å². The first-order valence-corrected chi connectivity index (χ1v) is 9.39. The predicted molar refractivity (Wildman–Crippen MR) is 106 cm³/mol. The van der Waals surface area contributed by atoms with Crippen molar-refractivity contribution in [2.24, 2.45) is 0 Å². The highest BCUT2D eigenvalue weighted by atomic mass is 32.1. The molecule has 30 heavy (non-hydrogen) atoms. The number of nitrogens with one attached hydrogen (secondary N) is 1. The van der Waals surface area contributed by atoms with E-state index in [1.54, 1.807) is 24.4 Å². The SMILES string of the molecule is O=[N+]([O-])c1cccc(CNc2nc(-c3cccnc3)nc3sc(C(F)(F)F)cc23)c1. The molecule has 0 atom stereocenters. The molecular formula is C19H12F3N5O2S. The van der Waals surface area contributed by atoms with E-state index in [1.165, 1.54) is 24.4 Å². The van der Waals surface area contributed by atoms with Crippen LogP contribution >= 0.6 is 11.3 Å². The molecule has 0 unspecified atom stereocenters. The van der Waals surface area contributed by atoms with E-state index in [-0.39, 0.29) is 34.1 Å². The number of aromatic nitrogens is 3. The van der Waals surface area contributed by atoms with Gasteiger partial charge in [0.15, 0.2) is 5.82 Å². The van der Waals surface area contributed by atoms with Crippen LogP contribution in [0.3, 0.4) is 0 Å². The van der Waals surface area contributed by atoms with Gasteiger partial charge in [-0.1, -0.05) is 12.1 Å². The second kappa shape index (κ2) is 7.67. The Morgan fingerprint density at radius 1 is 1.13 bits per heavy atom. The number of benzene rings is 1. The van der Waals surface area contributed by atoms with Crippen molar-refractivity contribution >= 4 is 33.1 Å². The van der Waals surface area contributed by atoms with Crippen molar-refractivity contribution in [3.8, 4) is 11.4 Å². The van der Waals surface area contributed by atoms with Gasteiger partial charge in [0.1, 0.15) is 15.5 Å². The van der Waals surface area contributed by atoms with Crippen molar-refractivity contribution in [3.05, 3.63) is 75.4 Å². The number of hydrogen-bond acceptors (Lipinski definition) is 7. The number of fused-ring (bicyclic) bond motifs is 1. The number of nitro groups is 1. The first-order valence-electron chi connectivity index (χ1n) is 8.57. The third-order valence-corrected chi connectivity index (χ3v) is 5.25. The molecule has 11 heteroatoms. The van der Waals surface area contributed by atoms with Crippen molar-refractivity contribution in [1.82, 2.24) is 15.0 Å². The number of nitrogens with zero attached hydrogens (tertiary/aromatic N) is 4. The number of alkyl halides is 3. The van der Waals surface area contributed by atoms with Gasteiger partial charge in [-0.05, 0) is 23.8 Å². The summed E-state index contributed by atoms with van der Waals surface area (Å²) >= 11 is 0.529. The maximum Gasteiger partial charge on any atom is 0.425 e. The van der Waals surface area contributed by atoms with Crippen LogP contribution in [0.1, 0.15) is 10.4 Å². The molecule has 0 aliphatic heterocycles. The standard InChI is InChI=1S/C19H12F3N5O2S/c20-19(21,22)15-8-14-17(24-9-11-3-1-5-13(7-11)27(28)29)25-16(26-18(14)30-15)12-4-2-6-23-10-12/h1-8,10H,9H2,(H,24,25,26). The molecule has 3 heterocycles. The van der Waals surface area contributed by atoms with Crippen LogP contribution in [-0.2, 0) is 12.7 Å². The van der Waals surface area contributed by atoms with Gasteiger partial charge in [-0.15, -0.1) is 11.3 Å². The van der Waals surface area contributed by atoms with E-state index >= 15 is 0 Å². The van der Waals surface area contributed by atoms with Crippen molar-refractivity contribution in [1.29, 1.82) is 0 Å². The Labute approximate surface area is 171 Å². The zero-order valence-corrected chi connectivity index (χ0v) is 15.9. The fraction of sp³-hybridized carbons (Fsp3) is 0.105. The summed E-state index contributed by atoms with van der Waals surface area (Å²) in [6.07, 6.45) is -1.42. The molecule has 0 fully saturated rings. The number of rotatable bonds is 5. The van der Waals surface area contributed by atoms with E-state index in [4.69, 9.17) is 0 Å². The van der Waals surface area contributed by atoms with E-state index in [9.17, 15) is 23.3 Å². The van der Waals surface area contributed by atoms with Crippen LogP contribution in [0.15, 0.2) is 54.9 Å². The first kappa shape index (κ1) is 19.7. The highest BCUT2D eigenvalue weighted by Gasteiger charge is 2.33. The molecule has 0 bridgehead atoms. The van der Waals surface area contributed by atoms with Crippen LogP contribution < -0.4 is 5.32 Å². The number of halogens is 3. The Balaban J connectivity index is 1.75. The monoisotopic (exact) mass is 431 g/mol. The van der Waals surface area contributed by atoms with E-state index in [0.717, 1.165) is 6.07 Å². The van der Waals surface area contributed by atoms with Gasteiger partial charge < -0.3 is 5.32 Å². The summed E-state index contributed by atoms with van der Waals surface area (Å²) in [4.78, 5) is 22.5. The normalized spacial score (nSPS) is 11.6. The van der Waals surface area contributed by atoms with Gasteiger partial charge in [-0.2, -0.15) is 13.2 Å². The third-order valence-electron chi connectivity index (χ3n) is 4.17. The molecule has 1 N–H and O–H groups in total. The summed E-state index contributed by atoms with van der Waals surface area (Å²) in [6.45, 7) is 0.136. The maximum absolute atomic E-state index is 13.2. The highest BCUT2D eigenvalue weighted by Crippen LogP contribution is 2.40. The van der Waals surface area contributed by atoms with Crippen molar-refractivity contribution < 1.29 is 18.1 Å². The predicted octanol–water partition coefficient (Wildman–Crippen LogP) is 5.29. The molecule has 3 aromatic heterocycles. The van der Waals surface area contributed by atoms with Crippen LogP contribution in [0.25, 0.3) is 21.6 Å². The van der Waals surface area contributed by atoms with Gasteiger partial charge in [0, 0.05) is 36.6 Å². The van der Waals surface area contributed by atoms with Crippen LogP contribution in [0, 0.1) is 10.1 Å². The molecule has 0 aliphatic rings. The molecule has 0 saturated carbocycles. The number of hydrogen-bond donors (Lipinski definition) is 1. The zero-order valence-electron chi connectivity index (χ0n) is 15.1. The summed E-state index contributed by atoms with van der Waals surface area (Å²) in [7, 11) is 0. The Kier molecular flexibility index (Phi) is 5.04. The van der Waals surface area contributed by atoms with Crippen molar-refractivity contribution in [2.45, 2.75) is 12.7 Å². The smallest absolute Gasteiger partial charge is 0.365 e. The van der Waals surface area contributed by atoms with Gasteiger partial charge in [0.05, 0.1) is 10.3 Å². The molecular weight excluding hydrogens is 419 g/mol.